The van der Waals surface area contributed by atoms with Gasteiger partial charge in [-0.05, 0) is 24.8 Å². The fourth-order valence-electron chi connectivity index (χ4n) is 4.41. The van der Waals surface area contributed by atoms with E-state index in [1.807, 2.05) is 51.9 Å². The topological polar surface area (TPSA) is 54.8 Å². The molecule has 2 amide bonds. The number of benzene rings is 1. The number of cyclic esters (lactones) is 1. The van der Waals surface area contributed by atoms with E-state index >= 15 is 0 Å². The van der Waals surface area contributed by atoms with Gasteiger partial charge in [-0.25, -0.2) is 4.79 Å². The normalized spacial score (nSPS) is 21.3. The summed E-state index contributed by atoms with van der Waals surface area (Å²) in [5.41, 5.74) is 1.82. The standard InChI is InChI=1S/C21H27N3O3/c1-14(2)19-13-27-21(26)24(19)15-8-10-23(11-9-15)20(25)17-12-22(3)18-7-5-4-6-16(17)18/h4-7,12,14-15,19H,8-11,13H2,1-3H3. The number of amides is 2. The maximum atomic E-state index is 13.1. The van der Waals surface area contributed by atoms with Gasteiger partial charge in [0.05, 0.1) is 11.6 Å². The summed E-state index contributed by atoms with van der Waals surface area (Å²) in [5, 5.41) is 0.995. The molecule has 0 radical (unpaired) electrons. The molecule has 1 aromatic heterocycles. The molecule has 0 bridgehead atoms. The minimum atomic E-state index is -0.201. The Labute approximate surface area is 159 Å². The molecule has 27 heavy (non-hydrogen) atoms. The molecule has 0 N–H and O–H groups in total. The lowest BCUT2D eigenvalue weighted by molar-refractivity contribution is 0.0621. The highest BCUT2D eigenvalue weighted by Gasteiger charge is 2.41. The summed E-state index contributed by atoms with van der Waals surface area (Å²) in [6.07, 6.45) is 3.32. The molecule has 1 atom stereocenters. The van der Waals surface area contributed by atoms with E-state index in [4.69, 9.17) is 4.74 Å². The quantitative estimate of drug-likeness (QED) is 0.834. The summed E-state index contributed by atoms with van der Waals surface area (Å²) in [4.78, 5) is 29.1. The summed E-state index contributed by atoms with van der Waals surface area (Å²) in [6.45, 7) is 6.06. The number of aryl methyl sites for hydroxylation is 1. The number of aromatic nitrogens is 1. The second-order valence-electron chi connectivity index (χ2n) is 7.99. The Bertz CT molecular complexity index is 865. The van der Waals surface area contributed by atoms with Crippen molar-refractivity contribution in [3.63, 3.8) is 0 Å². The molecule has 6 heteroatoms. The average Bonchev–Trinajstić information content (AvgIpc) is 3.22. The first kappa shape index (κ1) is 17.9. The van der Waals surface area contributed by atoms with Crippen LogP contribution in [0.2, 0.25) is 0 Å². The maximum absolute atomic E-state index is 13.1. The summed E-state index contributed by atoms with van der Waals surface area (Å²) in [7, 11) is 1.97. The van der Waals surface area contributed by atoms with Gasteiger partial charge < -0.3 is 14.2 Å². The van der Waals surface area contributed by atoms with Crippen LogP contribution in [-0.4, -0.2) is 58.1 Å². The summed E-state index contributed by atoms with van der Waals surface area (Å²) < 4.78 is 7.29. The van der Waals surface area contributed by atoms with Gasteiger partial charge in [-0.1, -0.05) is 32.0 Å². The highest BCUT2D eigenvalue weighted by molar-refractivity contribution is 6.07. The van der Waals surface area contributed by atoms with Gasteiger partial charge in [0.25, 0.3) is 5.91 Å². The van der Waals surface area contributed by atoms with Crippen LogP contribution in [0.15, 0.2) is 30.5 Å². The van der Waals surface area contributed by atoms with Crippen LogP contribution in [-0.2, 0) is 11.8 Å². The number of hydrogen-bond donors (Lipinski definition) is 0. The lowest BCUT2D eigenvalue weighted by Crippen LogP contribution is -2.50. The molecule has 2 aromatic rings. The van der Waals surface area contributed by atoms with Gasteiger partial charge in [0, 0.05) is 43.3 Å². The third kappa shape index (κ3) is 3.07. The van der Waals surface area contributed by atoms with Gasteiger partial charge in [-0.15, -0.1) is 0 Å². The van der Waals surface area contributed by atoms with Crippen molar-refractivity contribution in [3.05, 3.63) is 36.0 Å². The minimum Gasteiger partial charge on any atom is -0.447 e. The maximum Gasteiger partial charge on any atom is 0.410 e. The predicted molar refractivity (Wildman–Crippen MR) is 104 cm³/mol. The molecule has 144 valence electrons. The molecule has 2 aliphatic heterocycles. The van der Waals surface area contributed by atoms with Crippen LogP contribution in [0.25, 0.3) is 10.9 Å². The second-order valence-corrected chi connectivity index (χ2v) is 7.99. The Kier molecular flexibility index (Phi) is 4.58. The predicted octanol–water partition coefficient (Wildman–Crippen LogP) is 3.26. The molecule has 1 unspecified atom stereocenters. The number of piperidine rings is 1. The van der Waals surface area contributed by atoms with Crippen LogP contribution in [0.4, 0.5) is 4.79 Å². The Hall–Kier alpha value is -2.50. The Balaban J connectivity index is 1.47. The van der Waals surface area contributed by atoms with Crippen molar-refractivity contribution in [2.75, 3.05) is 19.7 Å². The van der Waals surface area contributed by atoms with E-state index in [2.05, 4.69) is 13.8 Å². The Morgan fingerprint density at radius 1 is 1.19 bits per heavy atom. The van der Waals surface area contributed by atoms with E-state index in [9.17, 15) is 9.59 Å². The van der Waals surface area contributed by atoms with Gasteiger partial charge >= 0.3 is 6.09 Å². The van der Waals surface area contributed by atoms with Gasteiger partial charge in [-0.2, -0.15) is 0 Å². The van der Waals surface area contributed by atoms with E-state index in [-0.39, 0.29) is 24.1 Å². The molecule has 0 spiro atoms. The first-order valence-electron chi connectivity index (χ1n) is 9.75. The van der Waals surface area contributed by atoms with Crippen LogP contribution in [0, 0.1) is 5.92 Å². The largest absolute Gasteiger partial charge is 0.447 e. The third-order valence-corrected chi connectivity index (χ3v) is 5.99. The number of carbonyl (C=O) groups is 2. The van der Waals surface area contributed by atoms with Crippen molar-refractivity contribution < 1.29 is 14.3 Å². The van der Waals surface area contributed by atoms with E-state index < -0.39 is 0 Å². The lowest BCUT2D eigenvalue weighted by Gasteiger charge is -2.38. The van der Waals surface area contributed by atoms with Gasteiger partial charge in [0.2, 0.25) is 0 Å². The number of nitrogens with zero attached hydrogens (tertiary/aromatic N) is 3. The first-order valence-corrected chi connectivity index (χ1v) is 9.75. The zero-order valence-corrected chi connectivity index (χ0v) is 16.2. The fraction of sp³-hybridized carbons (Fsp3) is 0.524. The monoisotopic (exact) mass is 369 g/mol. The van der Waals surface area contributed by atoms with Crippen molar-refractivity contribution in [1.29, 1.82) is 0 Å². The van der Waals surface area contributed by atoms with Crippen LogP contribution >= 0.6 is 0 Å². The minimum absolute atomic E-state index is 0.0784. The van der Waals surface area contributed by atoms with E-state index in [0.29, 0.717) is 25.6 Å². The average molecular weight is 369 g/mol. The number of ether oxygens (including phenoxy) is 1. The lowest BCUT2D eigenvalue weighted by atomic mass is 9.97. The third-order valence-electron chi connectivity index (χ3n) is 5.99. The SMILES string of the molecule is CC(C)C1COC(=O)N1C1CCN(C(=O)c2cn(C)c3ccccc23)CC1. The summed E-state index contributed by atoms with van der Waals surface area (Å²) in [6, 6.07) is 8.29. The highest BCUT2D eigenvalue weighted by Crippen LogP contribution is 2.29. The molecule has 2 aliphatic rings. The van der Waals surface area contributed by atoms with Gasteiger partial charge in [0.15, 0.2) is 0 Å². The van der Waals surface area contributed by atoms with Crippen LogP contribution in [0.1, 0.15) is 37.0 Å². The van der Waals surface area contributed by atoms with Crippen molar-refractivity contribution in [2.24, 2.45) is 13.0 Å². The van der Waals surface area contributed by atoms with Gasteiger partial charge in [-0.3, -0.25) is 9.69 Å². The molecule has 0 saturated carbocycles. The summed E-state index contributed by atoms with van der Waals surface area (Å²) >= 11 is 0. The molecule has 3 heterocycles. The molecule has 4 rings (SSSR count). The zero-order chi connectivity index (χ0) is 19.1. The van der Waals surface area contributed by atoms with E-state index in [1.54, 1.807) is 0 Å². The van der Waals surface area contributed by atoms with Crippen LogP contribution in [0.5, 0.6) is 0 Å². The number of carbonyl (C=O) groups excluding carboxylic acids is 2. The molecule has 2 saturated heterocycles. The smallest absolute Gasteiger partial charge is 0.410 e. The van der Waals surface area contributed by atoms with Crippen LogP contribution in [0.3, 0.4) is 0 Å². The molecule has 2 fully saturated rings. The van der Waals surface area contributed by atoms with E-state index in [0.717, 1.165) is 29.3 Å². The molecular formula is C21H27N3O3. The molecule has 1 aromatic carbocycles. The van der Waals surface area contributed by atoms with Crippen molar-refractivity contribution in [2.45, 2.75) is 38.8 Å². The fourth-order valence-corrected chi connectivity index (χ4v) is 4.41. The first-order chi connectivity index (χ1) is 13.0. The van der Waals surface area contributed by atoms with E-state index in [1.165, 1.54) is 0 Å². The number of likely N-dealkylation sites (tertiary alicyclic amines) is 1. The number of rotatable bonds is 3. The Morgan fingerprint density at radius 2 is 1.89 bits per heavy atom. The number of fused-ring (bicyclic) bond motifs is 1. The van der Waals surface area contributed by atoms with Crippen molar-refractivity contribution >= 4 is 22.9 Å². The second kappa shape index (κ2) is 6.91. The number of hydrogen-bond acceptors (Lipinski definition) is 3. The summed E-state index contributed by atoms with van der Waals surface area (Å²) in [5.74, 6) is 0.446. The highest BCUT2D eigenvalue weighted by atomic mass is 16.6. The molecule has 6 nitrogen and oxygen atoms in total. The van der Waals surface area contributed by atoms with Gasteiger partial charge in [0.1, 0.15) is 6.61 Å². The number of para-hydroxylation sites is 1. The van der Waals surface area contributed by atoms with Crippen LogP contribution < -0.4 is 0 Å². The molecule has 0 aliphatic carbocycles. The van der Waals surface area contributed by atoms with Crippen molar-refractivity contribution in [3.8, 4) is 0 Å². The zero-order valence-electron chi connectivity index (χ0n) is 16.2. The molecular weight excluding hydrogens is 342 g/mol. The Morgan fingerprint density at radius 3 is 2.59 bits per heavy atom. The van der Waals surface area contributed by atoms with Crippen molar-refractivity contribution in [1.82, 2.24) is 14.4 Å².